The zero-order chi connectivity index (χ0) is 19.1. The molecule has 1 aromatic heterocycles. The Morgan fingerprint density at radius 3 is 2.44 bits per heavy atom. The summed E-state index contributed by atoms with van der Waals surface area (Å²) in [6.45, 7) is 1.02. The highest BCUT2D eigenvalue weighted by molar-refractivity contribution is 5.92. The van der Waals surface area contributed by atoms with Gasteiger partial charge in [0.25, 0.3) is 5.91 Å². The molecule has 0 spiro atoms. The summed E-state index contributed by atoms with van der Waals surface area (Å²) in [5, 5.41) is 10.1. The van der Waals surface area contributed by atoms with Crippen molar-refractivity contribution in [1.82, 2.24) is 20.4 Å². The minimum Gasteiger partial charge on any atom is -0.487 e. The van der Waals surface area contributed by atoms with Gasteiger partial charge in [-0.2, -0.15) is 5.10 Å². The van der Waals surface area contributed by atoms with E-state index < -0.39 is 0 Å². The van der Waals surface area contributed by atoms with Crippen molar-refractivity contribution in [3.05, 3.63) is 83.7 Å². The van der Waals surface area contributed by atoms with Gasteiger partial charge in [0.1, 0.15) is 18.1 Å². The highest BCUT2D eigenvalue weighted by Gasteiger charge is 2.18. The molecule has 0 aliphatic carbocycles. The summed E-state index contributed by atoms with van der Waals surface area (Å²) >= 11 is 0. The van der Waals surface area contributed by atoms with Gasteiger partial charge in [-0.1, -0.05) is 48.5 Å². The molecular formula is C21H24N4O2. The van der Waals surface area contributed by atoms with Crippen molar-refractivity contribution in [2.75, 3.05) is 20.6 Å². The van der Waals surface area contributed by atoms with Crippen LogP contribution in [0, 0.1) is 0 Å². The maximum absolute atomic E-state index is 12.6. The quantitative estimate of drug-likeness (QED) is 0.645. The Morgan fingerprint density at radius 1 is 1.11 bits per heavy atom. The van der Waals surface area contributed by atoms with Crippen LogP contribution in [0.1, 0.15) is 27.8 Å². The Hall–Kier alpha value is -3.12. The van der Waals surface area contributed by atoms with Crippen LogP contribution in [0.15, 0.2) is 66.7 Å². The highest BCUT2D eigenvalue weighted by atomic mass is 16.5. The number of nitrogens with zero attached hydrogens (tertiary/aromatic N) is 2. The van der Waals surface area contributed by atoms with E-state index in [0.29, 0.717) is 18.8 Å². The summed E-state index contributed by atoms with van der Waals surface area (Å²) in [7, 11) is 3.96. The molecule has 3 aromatic rings. The van der Waals surface area contributed by atoms with E-state index >= 15 is 0 Å². The van der Waals surface area contributed by atoms with Gasteiger partial charge in [-0.3, -0.25) is 9.89 Å². The molecule has 0 saturated heterocycles. The van der Waals surface area contributed by atoms with Gasteiger partial charge in [-0.25, -0.2) is 0 Å². The third kappa shape index (κ3) is 5.43. The Kier molecular flexibility index (Phi) is 6.22. The van der Waals surface area contributed by atoms with Crippen molar-refractivity contribution in [3.63, 3.8) is 0 Å². The average molecular weight is 364 g/mol. The van der Waals surface area contributed by atoms with E-state index in [2.05, 4.69) is 15.5 Å². The topological polar surface area (TPSA) is 70.2 Å². The summed E-state index contributed by atoms with van der Waals surface area (Å²) in [5.74, 6) is 0.557. The van der Waals surface area contributed by atoms with Gasteiger partial charge in [0.05, 0.1) is 11.7 Å². The molecular weight excluding hydrogens is 340 g/mol. The summed E-state index contributed by atoms with van der Waals surface area (Å²) in [5.41, 5.74) is 2.15. The predicted octanol–water partition coefficient (Wildman–Crippen LogP) is 3.02. The second-order valence-electron chi connectivity index (χ2n) is 6.58. The number of aromatic nitrogens is 2. The van der Waals surface area contributed by atoms with Crippen LogP contribution in [-0.4, -0.2) is 41.6 Å². The van der Waals surface area contributed by atoms with E-state index in [1.807, 2.05) is 79.7 Å². The molecule has 2 N–H and O–H groups in total. The van der Waals surface area contributed by atoms with Crippen LogP contribution in [0.5, 0.6) is 5.75 Å². The van der Waals surface area contributed by atoms with E-state index in [1.54, 1.807) is 6.07 Å². The van der Waals surface area contributed by atoms with E-state index in [1.165, 1.54) is 0 Å². The van der Waals surface area contributed by atoms with E-state index in [0.717, 1.165) is 17.0 Å². The highest BCUT2D eigenvalue weighted by Crippen LogP contribution is 2.15. The average Bonchev–Trinajstić information content (AvgIpc) is 3.16. The maximum Gasteiger partial charge on any atom is 0.272 e. The molecule has 6 nitrogen and oxygen atoms in total. The lowest BCUT2D eigenvalue weighted by atomic mass is 10.1. The second-order valence-corrected chi connectivity index (χ2v) is 6.58. The van der Waals surface area contributed by atoms with Crippen LogP contribution < -0.4 is 10.1 Å². The third-order valence-corrected chi connectivity index (χ3v) is 4.06. The van der Waals surface area contributed by atoms with Crippen molar-refractivity contribution in [2.24, 2.45) is 0 Å². The first kappa shape index (κ1) is 18.7. The van der Waals surface area contributed by atoms with Gasteiger partial charge in [-0.05, 0) is 37.9 Å². The number of amides is 1. The van der Waals surface area contributed by atoms with E-state index in [4.69, 9.17) is 4.74 Å². The number of hydrogen-bond donors (Lipinski definition) is 2. The minimum atomic E-state index is -0.215. The fraction of sp³-hybridized carbons (Fsp3) is 0.238. The van der Waals surface area contributed by atoms with Crippen molar-refractivity contribution in [3.8, 4) is 5.75 Å². The molecule has 0 radical (unpaired) electrons. The number of hydrogen-bond acceptors (Lipinski definition) is 4. The van der Waals surface area contributed by atoms with Gasteiger partial charge in [0.2, 0.25) is 0 Å². The number of ether oxygens (including phenoxy) is 1. The summed E-state index contributed by atoms with van der Waals surface area (Å²) in [6, 6.07) is 21.1. The standard InChI is InChI=1S/C21H24N4O2/c1-25(2)14-20(16-9-5-3-6-10-16)22-21(26)19-13-17(23-24-19)15-27-18-11-7-4-8-12-18/h3-13,20H,14-15H2,1-2H3,(H,22,26)(H,23,24). The Morgan fingerprint density at radius 2 is 1.78 bits per heavy atom. The molecule has 0 saturated carbocycles. The van der Waals surface area contributed by atoms with Gasteiger partial charge in [0.15, 0.2) is 0 Å². The number of carbonyl (C=O) groups excluding carboxylic acids is 1. The number of benzene rings is 2. The number of likely N-dealkylation sites (N-methyl/N-ethyl adjacent to an activating group) is 1. The monoisotopic (exact) mass is 364 g/mol. The smallest absolute Gasteiger partial charge is 0.272 e. The minimum absolute atomic E-state index is 0.116. The van der Waals surface area contributed by atoms with Crippen LogP contribution in [0.4, 0.5) is 0 Å². The van der Waals surface area contributed by atoms with Crippen LogP contribution in [0.25, 0.3) is 0 Å². The fourth-order valence-electron chi connectivity index (χ4n) is 2.75. The SMILES string of the molecule is CN(C)CC(NC(=O)c1cc(COc2ccccc2)[nH]n1)c1ccccc1. The van der Waals surface area contributed by atoms with Gasteiger partial charge < -0.3 is 15.0 Å². The lowest BCUT2D eigenvalue weighted by Gasteiger charge is -2.22. The lowest BCUT2D eigenvalue weighted by Crippen LogP contribution is -2.35. The summed E-state index contributed by atoms with van der Waals surface area (Å²) in [6.07, 6.45) is 0. The van der Waals surface area contributed by atoms with Gasteiger partial charge >= 0.3 is 0 Å². The van der Waals surface area contributed by atoms with Crippen molar-refractivity contribution < 1.29 is 9.53 Å². The van der Waals surface area contributed by atoms with Gasteiger partial charge in [0, 0.05) is 6.54 Å². The largest absolute Gasteiger partial charge is 0.487 e. The van der Waals surface area contributed by atoms with Crippen LogP contribution in [0.3, 0.4) is 0 Å². The molecule has 2 aromatic carbocycles. The summed E-state index contributed by atoms with van der Waals surface area (Å²) < 4.78 is 5.68. The molecule has 1 atom stereocenters. The van der Waals surface area contributed by atoms with Crippen LogP contribution in [-0.2, 0) is 6.61 Å². The first-order chi connectivity index (χ1) is 13.1. The maximum atomic E-state index is 12.6. The van der Waals surface area contributed by atoms with Crippen molar-refractivity contribution in [2.45, 2.75) is 12.6 Å². The first-order valence-corrected chi connectivity index (χ1v) is 8.84. The third-order valence-electron chi connectivity index (χ3n) is 4.06. The summed E-state index contributed by atoms with van der Waals surface area (Å²) in [4.78, 5) is 14.7. The van der Waals surface area contributed by atoms with Gasteiger partial charge in [-0.15, -0.1) is 0 Å². The normalized spacial score (nSPS) is 12.0. The first-order valence-electron chi connectivity index (χ1n) is 8.84. The molecule has 140 valence electrons. The Balaban J connectivity index is 1.63. The number of H-pyrrole nitrogens is 1. The molecule has 3 rings (SSSR count). The van der Waals surface area contributed by atoms with E-state index in [9.17, 15) is 4.79 Å². The molecule has 0 aliphatic rings. The zero-order valence-electron chi connectivity index (χ0n) is 15.6. The Labute approximate surface area is 159 Å². The number of aromatic amines is 1. The van der Waals surface area contributed by atoms with E-state index in [-0.39, 0.29) is 11.9 Å². The van der Waals surface area contributed by atoms with Crippen LogP contribution in [0.2, 0.25) is 0 Å². The zero-order valence-corrected chi connectivity index (χ0v) is 15.6. The lowest BCUT2D eigenvalue weighted by molar-refractivity contribution is 0.0925. The predicted molar refractivity (Wildman–Crippen MR) is 105 cm³/mol. The van der Waals surface area contributed by atoms with Crippen molar-refractivity contribution in [1.29, 1.82) is 0 Å². The molecule has 0 aliphatic heterocycles. The molecule has 1 heterocycles. The fourth-order valence-corrected chi connectivity index (χ4v) is 2.75. The van der Waals surface area contributed by atoms with Crippen molar-refractivity contribution >= 4 is 5.91 Å². The second kappa shape index (κ2) is 9.00. The molecule has 0 fully saturated rings. The molecule has 6 heteroatoms. The molecule has 0 bridgehead atoms. The Bertz CT molecular complexity index is 847. The number of carbonyl (C=O) groups is 1. The molecule has 27 heavy (non-hydrogen) atoms. The molecule has 1 unspecified atom stereocenters. The number of nitrogens with one attached hydrogen (secondary N) is 2. The molecule has 1 amide bonds. The number of para-hydroxylation sites is 1. The van der Waals surface area contributed by atoms with Crippen LogP contribution >= 0.6 is 0 Å². The number of rotatable bonds is 8.